The summed E-state index contributed by atoms with van der Waals surface area (Å²) < 4.78 is 42.7. The van der Waals surface area contributed by atoms with Crippen LogP contribution in [0.1, 0.15) is 34.7 Å². The summed E-state index contributed by atoms with van der Waals surface area (Å²) in [6, 6.07) is 1.63. The maximum atomic E-state index is 12.5. The van der Waals surface area contributed by atoms with Crippen molar-refractivity contribution in [3.8, 4) is 0 Å². The lowest BCUT2D eigenvalue weighted by molar-refractivity contribution is -0.222. The fourth-order valence-electron chi connectivity index (χ4n) is 2.70. The summed E-state index contributed by atoms with van der Waals surface area (Å²) in [6.45, 7) is 3.83. The Hall–Kier alpha value is -1.50. The third-order valence-electron chi connectivity index (χ3n) is 3.88. The first-order valence-electron chi connectivity index (χ1n) is 6.81. The normalized spacial score (nSPS) is 18.9. The van der Waals surface area contributed by atoms with Crippen molar-refractivity contribution < 1.29 is 27.5 Å². The van der Waals surface area contributed by atoms with Gasteiger partial charge in [0.2, 0.25) is 0 Å². The van der Waals surface area contributed by atoms with Gasteiger partial charge < -0.3 is 14.4 Å². The molecule has 21 heavy (non-hydrogen) atoms. The molecule has 1 fully saturated rings. The number of aryl methyl sites for hydroxylation is 2. The molecule has 1 aliphatic rings. The summed E-state index contributed by atoms with van der Waals surface area (Å²) in [5.41, 5.74) is 0.447. The van der Waals surface area contributed by atoms with E-state index in [9.17, 15) is 23.1 Å². The molecule has 2 rings (SSSR count). The van der Waals surface area contributed by atoms with Crippen LogP contribution in [0.15, 0.2) is 10.5 Å². The zero-order valence-electron chi connectivity index (χ0n) is 11.9. The lowest BCUT2D eigenvalue weighted by Crippen LogP contribution is -2.45. The summed E-state index contributed by atoms with van der Waals surface area (Å²) in [5.74, 6) is 0.0544. The van der Waals surface area contributed by atoms with Gasteiger partial charge in [0.25, 0.3) is 5.91 Å². The van der Waals surface area contributed by atoms with E-state index in [4.69, 9.17) is 4.42 Å². The van der Waals surface area contributed by atoms with Gasteiger partial charge in [-0.25, -0.2) is 0 Å². The number of aliphatic hydroxyl groups excluding tert-OH is 1. The molecule has 1 amide bonds. The maximum absolute atomic E-state index is 12.5. The van der Waals surface area contributed by atoms with Gasteiger partial charge in [-0.15, -0.1) is 0 Å². The number of halogens is 3. The van der Waals surface area contributed by atoms with Crippen LogP contribution >= 0.6 is 0 Å². The van der Waals surface area contributed by atoms with Crippen LogP contribution < -0.4 is 0 Å². The zero-order valence-corrected chi connectivity index (χ0v) is 11.9. The molecule has 4 nitrogen and oxygen atoms in total. The smallest absolute Gasteiger partial charge is 0.414 e. The van der Waals surface area contributed by atoms with Crippen molar-refractivity contribution in [3.63, 3.8) is 0 Å². The molecule has 118 valence electrons. The Morgan fingerprint density at radius 3 is 2.38 bits per heavy atom. The second-order valence-corrected chi connectivity index (χ2v) is 5.44. The number of likely N-dealkylation sites (tertiary alicyclic amines) is 1. The number of hydrogen-bond donors (Lipinski definition) is 1. The van der Waals surface area contributed by atoms with Gasteiger partial charge in [0.1, 0.15) is 11.5 Å². The molecule has 1 unspecified atom stereocenters. The predicted octanol–water partition coefficient (Wildman–Crippen LogP) is 2.67. The molecule has 1 saturated heterocycles. The zero-order chi connectivity index (χ0) is 15.8. The lowest BCUT2D eigenvalue weighted by atomic mass is 9.90. The molecule has 0 bridgehead atoms. The van der Waals surface area contributed by atoms with E-state index in [0.717, 1.165) is 0 Å². The van der Waals surface area contributed by atoms with E-state index >= 15 is 0 Å². The number of nitrogens with zero attached hydrogens (tertiary/aromatic N) is 1. The molecule has 0 saturated carbocycles. The predicted molar refractivity (Wildman–Crippen MR) is 68.9 cm³/mol. The van der Waals surface area contributed by atoms with E-state index in [0.29, 0.717) is 17.1 Å². The standard InChI is InChI=1S/C14H18F3NO3/c1-8-7-11(9(2)21-8)13(20)18-5-3-10(4-6-18)12(19)14(15,16)17/h7,10,12,19H,3-6H2,1-2H3. The third-order valence-corrected chi connectivity index (χ3v) is 3.88. The first-order chi connectivity index (χ1) is 9.70. The highest BCUT2D eigenvalue weighted by atomic mass is 19.4. The topological polar surface area (TPSA) is 53.7 Å². The number of rotatable bonds is 2. The Balaban J connectivity index is 1.98. The van der Waals surface area contributed by atoms with E-state index in [1.165, 1.54) is 4.90 Å². The Bertz CT molecular complexity index is 516. The molecule has 2 heterocycles. The van der Waals surface area contributed by atoms with Crippen molar-refractivity contribution in [2.24, 2.45) is 5.92 Å². The second kappa shape index (κ2) is 5.71. The van der Waals surface area contributed by atoms with E-state index in [1.54, 1.807) is 19.9 Å². The molecule has 1 aliphatic heterocycles. The molecular weight excluding hydrogens is 287 g/mol. The quantitative estimate of drug-likeness (QED) is 0.914. The summed E-state index contributed by atoms with van der Waals surface area (Å²) in [7, 11) is 0. The fraction of sp³-hybridized carbons (Fsp3) is 0.643. The summed E-state index contributed by atoms with van der Waals surface area (Å²) in [6.07, 6.45) is -6.63. The van der Waals surface area contributed by atoms with Crippen LogP contribution in [-0.2, 0) is 0 Å². The van der Waals surface area contributed by atoms with Gasteiger partial charge in [0, 0.05) is 13.1 Å². The van der Waals surface area contributed by atoms with Crippen molar-refractivity contribution >= 4 is 5.91 Å². The van der Waals surface area contributed by atoms with E-state index < -0.39 is 18.2 Å². The molecule has 0 spiro atoms. The largest absolute Gasteiger partial charge is 0.466 e. The Kier molecular flexibility index (Phi) is 4.32. The van der Waals surface area contributed by atoms with Crippen LogP contribution in [0.5, 0.6) is 0 Å². The SMILES string of the molecule is Cc1cc(C(=O)N2CCC(C(O)C(F)(F)F)CC2)c(C)o1. The minimum absolute atomic E-state index is 0.141. The highest BCUT2D eigenvalue weighted by molar-refractivity contribution is 5.95. The molecule has 1 aromatic rings. The maximum Gasteiger partial charge on any atom is 0.414 e. The van der Waals surface area contributed by atoms with Crippen LogP contribution in [0.2, 0.25) is 0 Å². The highest BCUT2D eigenvalue weighted by Gasteiger charge is 2.44. The third kappa shape index (κ3) is 3.40. The molecular formula is C14H18F3NO3. The summed E-state index contributed by atoms with van der Waals surface area (Å²) >= 11 is 0. The fourth-order valence-corrected chi connectivity index (χ4v) is 2.70. The van der Waals surface area contributed by atoms with Gasteiger partial charge in [0.05, 0.1) is 5.56 Å². The van der Waals surface area contributed by atoms with Gasteiger partial charge in [-0.3, -0.25) is 4.79 Å². The average molecular weight is 305 g/mol. The Labute approximate surface area is 120 Å². The van der Waals surface area contributed by atoms with Gasteiger partial charge in [0.15, 0.2) is 6.10 Å². The minimum atomic E-state index is -4.60. The van der Waals surface area contributed by atoms with Crippen LogP contribution in [0, 0.1) is 19.8 Å². The van der Waals surface area contributed by atoms with Gasteiger partial charge in [-0.2, -0.15) is 13.2 Å². The van der Waals surface area contributed by atoms with E-state index in [-0.39, 0.29) is 31.8 Å². The number of alkyl halides is 3. The molecule has 1 N–H and O–H groups in total. The molecule has 1 atom stereocenters. The Morgan fingerprint density at radius 2 is 1.95 bits per heavy atom. The molecule has 1 aromatic heterocycles. The number of hydrogen-bond acceptors (Lipinski definition) is 3. The monoisotopic (exact) mass is 305 g/mol. The first-order valence-corrected chi connectivity index (χ1v) is 6.81. The second-order valence-electron chi connectivity index (χ2n) is 5.44. The van der Waals surface area contributed by atoms with Crippen molar-refractivity contribution in [3.05, 3.63) is 23.2 Å². The van der Waals surface area contributed by atoms with Crippen LogP contribution in [0.25, 0.3) is 0 Å². The number of piperidine rings is 1. The minimum Gasteiger partial charge on any atom is -0.466 e. The Morgan fingerprint density at radius 1 is 1.38 bits per heavy atom. The number of carbonyl (C=O) groups is 1. The number of amides is 1. The van der Waals surface area contributed by atoms with Crippen LogP contribution in [0.4, 0.5) is 13.2 Å². The summed E-state index contributed by atoms with van der Waals surface area (Å²) in [5, 5.41) is 9.26. The molecule has 0 radical (unpaired) electrons. The van der Waals surface area contributed by atoms with Gasteiger partial charge in [-0.1, -0.05) is 0 Å². The van der Waals surface area contributed by atoms with Crippen molar-refractivity contribution in [2.45, 2.75) is 39.0 Å². The number of carbonyl (C=O) groups excluding carboxylic acids is 1. The van der Waals surface area contributed by atoms with Crippen molar-refractivity contribution in [1.82, 2.24) is 4.90 Å². The summed E-state index contributed by atoms with van der Waals surface area (Å²) in [4.78, 5) is 13.8. The van der Waals surface area contributed by atoms with Crippen LogP contribution in [0.3, 0.4) is 0 Å². The van der Waals surface area contributed by atoms with E-state index in [1.807, 2.05) is 0 Å². The number of furan rings is 1. The van der Waals surface area contributed by atoms with Gasteiger partial charge >= 0.3 is 6.18 Å². The van der Waals surface area contributed by atoms with Crippen molar-refractivity contribution in [2.75, 3.05) is 13.1 Å². The molecule has 0 aromatic carbocycles. The lowest BCUT2D eigenvalue weighted by Gasteiger charge is -2.34. The molecule has 0 aliphatic carbocycles. The van der Waals surface area contributed by atoms with Crippen molar-refractivity contribution in [1.29, 1.82) is 0 Å². The number of aliphatic hydroxyl groups is 1. The van der Waals surface area contributed by atoms with E-state index in [2.05, 4.69) is 0 Å². The average Bonchev–Trinajstić information content (AvgIpc) is 2.75. The van der Waals surface area contributed by atoms with Crippen LogP contribution in [-0.4, -0.2) is 41.3 Å². The first kappa shape index (κ1) is 15.9. The van der Waals surface area contributed by atoms with Gasteiger partial charge in [-0.05, 0) is 38.7 Å². The molecule has 7 heteroatoms. The highest BCUT2D eigenvalue weighted by Crippen LogP contribution is 2.32.